The molecule has 1 aliphatic heterocycles. The maximum Gasteiger partial charge on any atom is 0.224 e. The number of hydrogen-bond acceptors (Lipinski definition) is 5. The summed E-state index contributed by atoms with van der Waals surface area (Å²) in [5, 5.41) is 3.23. The summed E-state index contributed by atoms with van der Waals surface area (Å²) in [6, 6.07) is 0. The Hall–Kier alpha value is -0.880. The predicted molar refractivity (Wildman–Crippen MR) is 80.8 cm³/mol. The number of rotatable bonds is 4. The summed E-state index contributed by atoms with van der Waals surface area (Å²) in [5.41, 5.74) is -0.0584. The molecule has 0 aliphatic carbocycles. The van der Waals surface area contributed by atoms with Crippen molar-refractivity contribution in [3.05, 3.63) is 10.7 Å². The summed E-state index contributed by atoms with van der Waals surface area (Å²) in [6.07, 6.45) is 2.86. The molecule has 0 bridgehead atoms. The van der Waals surface area contributed by atoms with E-state index in [1.165, 1.54) is 0 Å². The highest BCUT2D eigenvalue weighted by Crippen LogP contribution is 2.31. The maximum absolute atomic E-state index is 5.56. The lowest BCUT2D eigenvalue weighted by Crippen LogP contribution is -2.53. The summed E-state index contributed by atoms with van der Waals surface area (Å²) < 4.78 is 6.48. The molecule has 0 saturated carbocycles. The van der Waals surface area contributed by atoms with Crippen molar-refractivity contribution in [2.45, 2.75) is 32.7 Å². The minimum absolute atomic E-state index is 0.0584. The normalized spacial score (nSPS) is 18.4. The van der Waals surface area contributed by atoms with E-state index >= 15 is 0 Å². The zero-order valence-electron chi connectivity index (χ0n) is 11.7. The Morgan fingerprint density at radius 1 is 1.53 bits per heavy atom. The third-order valence-corrected chi connectivity index (χ3v) is 3.72. The Bertz CT molecular complexity index is 439. The molecule has 1 N–H and O–H groups in total. The molecule has 2 rings (SSSR count). The van der Waals surface area contributed by atoms with Gasteiger partial charge < -0.3 is 15.0 Å². The van der Waals surface area contributed by atoms with E-state index in [4.69, 9.17) is 4.74 Å². The molecule has 1 aliphatic rings. The van der Waals surface area contributed by atoms with Crippen molar-refractivity contribution in [3.8, 4) is 0 Å². The number of nitrogens with zero attached hydrogens (tertiary/aromatic N) is 3. The zero-order valence-corrected chi connectivity index (χ0v) is 13.3. The second kappa shape index (κ2) is 6.05. The smallest absolute Gasteiger partial charge is 0.224 e. The number of anilines is 2. The highest BCUT2D eigenvalue weighted by atomic mass is 79.9. The summed E-state index contributed by atoms with van der Waals surface area (Å²) in [6.45, 7) is 9.62. The topological polar surface area (TPSA) is 50.3 Å². The Labute approximate surface area is 122 Å². The van der Waals surface area contributed by atoms with E-state index in [1.807, 2.05) is 6.20 Å². The number of ether oxygens (including phenoxy) is 1. The maximum atomic E-state index is 5.56. The third-order valence-electron chi connectivity index (χ3n) is 3.16. The second-order valence-electron chi connectivity index (χ2n) is 5.31. The molecular formula is C13H21BrN4O. The molecule has 19 heavy (non-hydrogen) atoms. The van der Waals surface area contributed by atoms with Crippen LogP contribution in [0.15, 0.2) is 10.7 Å². The van der Waals surface area contributed by atoms with Gasteiger partial charge in [-0.25, -0.2) is 4.98 Å². The van der Waals surface area contributed by atoms with E-state index in [1.54, 1.807) is 0 Å². The van der Waals surface area contributed by atoms with Gasteiger partial charge >= 0.3 is 0 Å². The molecule has 0 aromatic carbocycles. The number of halogens is 1. The van der Waals surface area contributed by atoms with Gasteiger partial charge in [0.2, 0.25) is 5.95 Å². The fourth-order valence-electron chi connectivity index (χ4n) is 2.12. The molecule has 0 unspecified atom stereocenters. The molecule has 6 heteroatoms. The van der Waals surface area contributed by atoms with Crippen LogP contribution in [0.25, 0.3) is 0 Å². The van der Waals surface area contributed by atoms with Crippen LogP contribution in [0, 0.1) is 0 Å². The van der Waals surface area contributed by atoms with E-state index in [2.05, 4.69) is 56.9 Å². The number of aromatic nitrogens is 2. The fourth-order valence-corrected chi connectivity index (χ4v) is 2.53. The van der Waals surface area contributed by atoms with Gasteiger partial charge in [-0.05, 0) is 36.2 Å². The summed E-state index contributed by atoms with van der Waals surface area (Å²) in [4.78, 5) is 11.2. The summed E-state index contributed by atoms with van der Waals surface area (Å²) in [5.74, 6) is 1.62. The number of morpholine rings is 1. The standard InChI is InChI=1S/C13H21BrN4O/c1-4-5-15-12-16-8-10(14)11(17-12)18-6-7-19-9-13(18,2)3/h8H,4-7,9H2,1-3H3,(H,15,16,17). The minimum Gasteiger partial charge on any atom is -0.377 e. The first-order chi connectivity index (χ1) is 9.04. The highest BCUT2D eigenvalue weighted by Gasteiger charge is 2.32. The molecule has 1 aromatic rings. The van der Waals surface area contributed by atoms with Crippen LogP contribution in [0.3, 0.4) is 0 Å². The van der Waals surface area contributed by atoms with Crippen molar-refractivity contribution in [2.24, 2.45) is 0 Å². The molecule has 1 saturated heterocycles. The fraction of sp³-hybridized carbons (Fsp3) is 0.692. The van der Waals surface area contributed by atoms with Crippen molar-refractivity contribution in [1.82, 2.24) is 9.97 Å². The lowest BCUT2D eigenvalue weighted by molar-refractivity contribution is 0.0638. The van der Waals surface area contributed by atoms with Crippen molar-refractivity contribution in [3.63, 3.8) is 0 Å². The average molecular weight is 329 g/mol. The van der Waals surface area contributed by atoms with Gasteiger partial charge in [0.05, 0.1) is 23.2 Å². The minimum atomic E-state index is -0.0584. The van der Waals surface area contributed by atoms with Crippen LogP contribution in [0.5, 0.6) is 0 Å². The SMILES string of the molecule is CCCNc1ncc(Br)c(N2CCOCC2(C)C)n1. The van der Waals surface area contributed by atoms with Gasteiger partial charge in [0.1, 0.15) is 5.82 Å². The van der Waals surface area contributed by atoms with E-state index in [9.17, 15) is 0 Å². The van der Waals surface area contributed by atoms with Crippen molar-refractivity contribution >= 4 is 27.7 Å². The van der Waals surface area contributed by atoms with E-state index in [0.717, 1.165) is 36.4 Å². The molecule has 0 amide bonds. The first-order valence-corrected chi connectivity index (χ1v) is 7.45. The third kappa shape index (κ3) is 3.36. The van der Waals surface area contributed by atoms with Gasteiger partial charge in [-0.3, -0.25) is 0 Å². The monoisotopic (exact) mass is 328 g/mol. The molecule has 2 heterocycles. The molecule has 0 spiro atoms. The van der Waals surface area contributed by atoms with Crippen molar-refractivity contribution < 1.29 is 4.74 Å². The number of nitrogens with one attached hydrogen (secondary N) is 1. The van der Waals surface area contributed by atoms with Crippen LogP contribution in [0.2, 0.25) is 0 Å². The predicted octanol–water partition coefficient (Wildman–Crippen LogP) is 2.68. The van der Waals surface area contributed by atoms with Crippen LogP contribution < -0.4 is 10.2 Å². The van der Waals surface area contributed by atoms with Crippen LogP contribution >= 0.6 is 15.9 Å². The van der Waals surface area contributed by atoms with Gasteiger partial charge in [0.25, 0.3) is 0 Å². The van der Waals surface area contributed by atoms with Gasteiger partial charge in [0, 0.05) is 19.3 Å². The molecule has 1 aromatic heterocycles. The summed E-state index contributed by atoms with van der Waals surface area (Å²) >= 11 is 3.55. The summed E-state index contributed by atoms with van der Waals surface area (Å²) in [7, 11) is 0. The molecule has 1 fully saturated rings. The molecule has 106 valence electrons. The Morgan fingerprint density at radius 3 is 3.00 bits per heavy atom. The van der Waals surface area contributed by atoms with Crippen molar-refractivity contribution in [2.75, 3.05) is 36.5 Å². The van der Waals surface area contributed by atoms with Gasteiger partial charge in [-0.1, -0.05) is 6.92 Å². The zero-order chi connectivity index (χ0) is 13.9. The quantitative estimate of drug-likeness (QED) is 0.920. The number of hydrogen-bond donors (Lipinski definition) is 1. The average Bonchev–Trinajstić information content (AvgIpc) is 2.38. The lowest BCUT2D eigenvalue weighted by atomic mass is 10.0. The molecule has 0 atom stereocenters. The van der Waals surface area contributed by atoms with Gasteiger partial charge in [0.15, 0.2) is 0 Å². The Kier molecular flexibility index (Phi) is 4.62. The van der Waals surface area contributed by atoms with Crippen LogP contribution in [0.1, 0.15) is 27.2 Å². The van der Waals surface area contributed by atoms with Crippen LogP contribution in [-0.4, -0.2) is 41.8 Å². The van der Waals surface area contributed by atoms with Crippen LogP contribution in [0.4, 0.5) is 11.8 Å². The van der Waals surface area contributed by atoms with E-state index in [-0.39, 0.29) is 5.54 Å². The first-order valence-electron chi connectivity index (χ1n) is 6.66. The second-order valence-corrected chi connectivity index (χ2v) is 6.16. The molecule has 5 nitrogen and oxygen atoms in total. The molecule has 0 radical (unpaired) electrons. The van der Waals surface area contributed by atoms with E-state index < -0.39 is 0 Å². The van der Waals surface area contributed by atoms with Gasteiger partial charge in [-0.2, -0.15) is 4.98 Å². The molecular weight excluding hydrogens is 308 g/mol. The largest absolute Gasteiger partial charge is 0.377 e. The lowest BCUT2D eigenvalue weighted by Gasteiger charge is -2.43. The Balaban J connectivity index is 2.26. The van der Waals surface area contributed by atoms with Crippen LogP contribution in [-0.2, 0) is 4.74 Å². The van der Waals surface area contributed by atoms with Gasteiger partial charge in [-0.15, -0.1) is 0 Å². The first kappa shape index (κ1) is 14.5. The Morgan fingerprint density at radius 2 is 2.32 bits per heavy atom. The van der Waals surface area contributed by atoms with E-state index in [0.29, 0.717) is 12.6 Å². The highest BCUT2D eigenvalue weighted by molar-refractivity contribution is 9.10. The van der Waals surface area contributed by atoms with Crippen molar-refractivity contribution in [1.29, 1.82) is 0 Å².